The van der Waals surface area contributed by atoms with E-state index in [1.54, 1.807) is 0 Å². The normalized spacial score (nSPS) is 32.3. The molecular weight excluding hydrogens is 212 g/mol. The molecule has 1 heterocycles. The van der Waals surface area contributed by atoms with E-state index in [-0.39, 0.29) is 11.7 Å². The maximum Gasteiger partial charge on any atom is 0.0685 e. The molecule has 0 aromatic rings. The maximum absolute atomic E-state index is 10.0. The van der Waals surface area contributed by atoms with E-state index in [2.05, 4.69) is 13.8 Å². The Morgan fingerprint density at radius 2 is 2.00 bits per heavy atom. The van der Waals surface area contributed by atoms with Gasteiger partial charge < -0.3 is 9.84 Å². The van der Waals surface area contributed by atoms with Crippen LogP contribution in [-0.2, 0) is 4.74 Å². The van der Waals surface area contributed by atoms with Gasteiger partial charge in [-0.2, -0.15) is 0 Å². The molecule has 2 fully saturated rings. The van der Waals surface area contributed by atoms with Gasteiger partial charge in [0.1, 0.15) is 0 Å². The molecule has 2 heteroatoms. The summed E-state index contributed by atoms with van der Waals surface area (Å²) < 4.78 is 6.12. The molecule has 2 rings (SSSR count). The van der Waals surface area contributed by atoms with Gasteiger partial charge in [-0.3, -0.25) is 0 Å². The van der Waals surface area contributed by atoms with Gasteiger partial charge in [0.25, 0.3) is 0 Å². The lowest BCUT2D eigenvalue weighted by Gasteiger charge is -2.45. The van der Waals surface area contributed by atoms with Crippen LogP contribution >= 0.6 is 0 Å². The Morgan fingerprint density at radius 1 is 1.29 bits per heavy atom. The van der Waals surface area contributed by atoms with E-state index in [9.17, 15) is 5.11 Å². The first-order valence-corrected chi connectivity index (χ1v) is 7.49. The van der Waals surface area contributed by atoms with Crippen molar-refractivity contribution in [3.63, 3.8) is 0 Å². The number of aliphatic hydroxyl groups excluding tert-OH is 1. The summed E-state index contributed by atoms with van der Waals surface area (Å²) >= 11 is 0. The van der Waals surface area contributed by atoms with Gasteiger partial charge in [-0.25, -0.2) is 0 Å². The highest BCUT2D eigenvalue weighted by atomic mass is 16.5. The third-order valence-corrected chi connectivity index (χ3v) is 5.06. The Kier molecular flexibility index (Phi) is 4.48. The van der Waals surface area contributed by atoms with Crippen LogP contribution in [0.1, 0.15) is 65.2 Å². The van der Waals surface area contributed by atoms with Gasteiger partial charge in [0, 0.05) is 6.61 Å². The van der Waals surface area contributed by atoms with Gasteiger partial charge in [0.05, 0.1) is 11.7 Å². The van der Waals surface area contributed by atoms with Crippen LogP contribution < -0.4 is 0 Å². The van der Waals surface area contributed by atoms with Crippen LogP contribution in [0.3, 0.4) is 0 Å². The minimum atomic E-state index is -0.126. The lowest BCUT2D eigenvalue weighted by atomic mass is 9.71. The zero-order valence-electron chi connectivity index (χ0n) is 11.5. The molecule has 3 atom stereocenters. The van der Waals surface area contributed by atoms with Gasteiger partial charge in [0.15, 0.2) is 0 Å². The van der Waals surface area contributed by atoms with Crippen molar-refractivity contribution in [2.75, 3.05) is 6.61 Å². The third-order valence-electron chi connectivity index (χ3n) is 5.06. The van der Waals surface area contributed by atoms with E-state index in [0.29, 0.717) is 11.8 Å². The summed E-state index contributed by atoms with van der Waals surface area (Å²) in [6, 6.07) is 0. The number of ether oxygens (including phenoxy) is 1. The lowest BCUT2D eigenvalue weighted by Crippen LogP contribution is -2.44. The fourth-order valence-corrected chi connectivity index (χ4v) is 3.74. The third kappa shape index (κ3) is 3.03. The van der Waals surface area contributed by atoms with E-state index in [0.717, 1.165) is 19.4 Å². The van der Waals surface area contributed by atoms with Gasteiger partial charge in [-0.05, 0) is 43.9 Å². The fraction of sp³-hybridized carbons (Fsp3) is 1.00. The largest absolute Gasteiger partial charge is 0.393 e. The van der Waals surface area contributed by atoms with E-state index >= 15 is 0 Å². The minimum Gasteiger partial charge on any atom is -0.393 e. The van der Waals surface area contributed by atoms with Gasteiger partial charge in [-0.1, -0.05) is 33.1 Å². The van der Waals surface area contributed by atoms with E-state index < -0.39 is 0 Å². The molecule has 2 aliphatic rings. The molecule has 3 unspecified atom stereocenters. The minimum absolute atomic E-state index is 0.126. The summed E-state index contributed by atoms with van der Waals surface area (Å²) in [6.07, 6.45) is 9.62. The van der Waals surface area contributed by atoms with Gasteiger partial charge in [0.2, 0.25) is 0 Å². The SMILES string of the molecule is CCC(O)C(C)C1CCOC2(CCCCC2)C1. The zero-order chi connectivity index (χ0) is 12.3. The van der Waals surface area contributed by atoms with Crippen molar-refractivity contribution < 1.29 is 9.84 Å². The highest BCUT2D eigenvalue weighted by molar-refractivity contribution is 4.91. The molecule has 0 aromatic heterocycles. The summed E-state index contributed by atoms with van der Waals surface area (Å²) in [5, 5.41) is 10.0. The first-order chi connectivity index (χ1) is 8.17. The van der Waals surface area contributed by atoms with Crippen molar-refractivity contribution in [3.8, 4) is 0 Å². The van der Waals surface area contributed by atoms with Crippen LogP contribution in [0.5, 0.6) is 0 Å². The molecule has 1 N–H and O–H groups in total. The standard InChI is InChI=1S/C15H28O2/c1-3-14(16)12(2)13-7-10-17-15(11-13)8-5-4-6-9-15/h12-14,16H,3-11H2,1-2H3. The van der Waals surface area contributed by atoms with Crippen molar-refractivity contribution in [1.29, 1.82) is 0 Å². The second-order valence-corrected chi connectivity index (χ2v) is 6.18. The molecule has 1 saturated heterocycles. The van der Waals surface area contributed by atoms with Crippen LogP contribution in [-0.4, -0.2) is 23.4 Å². The molecule has 100 valence electrons. The van der Waals surface area contributed by atoms with Crippen molar-refractivity contribution in [1.82, 2.24) is 0 Å². The average Bonchev–Trinajstić information content (AvgIpc) is 2.38. The molecule has 2 nitrogen and oxygen atoms in total. The summed E-state index contributed by atoms with van der Waals surface area (Å²) in [5.41, 5.74) is 0.183. The topological polar surface area (TPSA) is 29.5 Å². The van der Waals surface area contributed by atoms with Gasteiger partial charge >= 0.3 is 0 Å². The van der Waals surface area contributed by atoms with Crippen LogP contribution in [0, 0.1) is 11.8 Å². The van der Waals surface area contributed by atoms with Crippen molar-refractivity contribution >= 4 is 0 Å². The first kappa shape index (κ1) is 13.4. The van der Waals surface area contributed by atoms with Crippen molar-refractivity contribution in [2.24, 2.45) is 11.8 Å². The first-order valence-electron chi connectivity index (χ1n) is 7.49. The van der Waals surface area contributed by atoms with Crippen molar-refractivity contribution in [3.05, 3.63) is 0 Å². The molecule has 1 aliphatic carbocycles. The lowest BCUT2D eigenvalue weighted by molar-refractivity contribution is -0.130. The number of aliphatic hydroxyl groups is 1. The number of rotatable bonds is 3. The zero-order valence-corrected chi connectivity index (χ0v) is 11.5. The van der Waals surface area contributed by atoms with Crippen molar-refractivity contribution in [2.45, 2.75) is 76.9 Å². The predicted octanol–water partition coefficient (Wildman–Crippen LogP) is 3.52. The maximum atomic E-state index is 10.0. The summed E-state index contributed by atoms with van der Waals surface area (Å²) in [4.78, 5) is 0. The summed E-state index contributed by atoms with van der Waals surface area (Å²) in [7, 11) is 0. The monoisotopic (exact) mass is 240 g/mol. The Bertz CT molecular complexity index is 228. The molecule has 1 saturated carbocycles. The summed E-state index contributed by atoms with van der Waals surface area (Å²) in [6.45, 7) is 5.21. The van der Waals surface area contributed by atoms with Crippen LogP contribution in [0.15, 0.2) is 0 Å². The second-order valence-electron chi connectivity index (χ2n) is 6.18. The Hall–Kier alpha value is -0.0800. The number of hydrogen-bond donors (Lipinski definition) is 1. The molecule has 1 aliphatic heterocycles. The second kappa shape index (κ2) is 5.71. The number of hydrogen-bond acceptors (Lipinski definition) is 2. The molecule has 0 aromatic carbocycles. The molecule has 1 spiro atoms. The summed E-state index contributed by atoms with van der Waals surface area (Å²) in [5.74, 6) is 1.10. The van der Waals surface area contributed by atoms with E-state index in [4.69, 9.17) is 4.74 Å². The van der Waals surface area contributed by atoms with Crippen LogP contribution in [0.25, 0.3) is 0 Å². The fourth-order valence-electron chi connectivity index (χ4n) is 3.74. The Balaban J connectivity index is 1.96. The Labute approximate surface area is 106 Å². The molecule has 17 heavy (non-hydrogen) atoms. The average molecular weight is 240 g/mol. The van der Waals surface area contributed by atoms with Crippen LogP contribution in [0.4, 0.5) is 0 Å². The highest BCUT2D eigenvalue weighted by Gasteiger charge is 2.40. The molecule has 0 amide bonds. The van der Waals surface area contributed by atoms with Crippen LogP contribution in [0.2, 0.25) is 0 Å². The molecule has 0 radical (unpaired) electrons. The van der Waals surface area contributed by atoms with E-state index in [1.165, 1.54) is 38.5 Å². The highest BCUT2D eigenvalue weighted by Crippen LogP contribution is 2.43. The van der Waals surface area contributed by atoms with E-state index in [1.807, 2.05) is 0 Å². The quantitative estimate of drug-likeness (QED) is 0.818. The van der Waals surface area contributed by atoms with Gasteiger partial charge in [-0.15, -0.1) is 0 Å². The smallest absolute Gasteiger partial charge is 0.0685 e. The molecule has 0 bridgehead atoms. The predicted molar refractivity (Wildman–Crippen MR) is 70.0 cm³/mol. The molecular formula is C15H28O2. The Morgan fingerprint density at radius 3 is 2.65 bits per heavy atom.